The van der Waals surface area contributed by atoms with E-state index in [1.54, 1.807) is 0 Å². The number of carbonyl (C=O) groups is 2. The second kappa shape index (κ2) is 5.09. The average Bonchev–Trinajstić information content (AvgIpc) is 3.03. The Morgan fingerprint density at radius 2 is 1.81 bits per heavy atom. The fourth-order valence-electron chi connectivity index (χ4n) is 3.82. The van der Waals surface area contributed by atoms with Crippen LogP contribution in [0.1, 0.15) is 19.3 Å². The Balaban J connectivity index is 1.81. The molecule has 4 atom stereocenters. The van der Waals surface area contributed by atoms with Crippen LogP contribution in [0.25, 0.3) is 0 Å². The number of fused-ring (bicyclic) bond motifs is 2. The summed E-state index contributed by atoms with van der Waals surface area (Å²) in [6.45, 7) is 0. The number of amides is 1. The van der Waals surface area contributed by atoms with Gasteiger partial charge in [-0.15, -0.1) is 0 Å². The molecule has 21 heavy (non-hydrogen) atoms. The maximum absolute atomic E-state index is 13.6. The zero-order valence-corrected chi connectivity index (χ0v) is 11.1. The molecule has 0 unspecified atom stereocenters. The maximum Gasteiger partial charge on any atom is 0.228 e. The molecule has 2 fully saturated rings. The van der Waals surface area contributed by atoms with Crippen LogP contribution in [0.5, 0.6) is 0 Å². The molecular formula is C15H14F2NO3-. The number of hydrogen-bond donors (Lipinski definition) is 1. The van der Waals surface area contributed by atoms with Gasteiger partial charge < -0.3 is 15.2 Å². The fraction of sp³-hybridized carbons (Fsp3) is 0.467. The second-order valence-corrected chi connectivity index (χ2v) is 5.82. The van der Waals surface area contributed by atoms with Crippen molar-refractivity contribution in [3.63, 3.8) is 0 Å². The molecule has 2 aliphatic rings. The Bertz CT molecular complexity index is 605. The van der Waals surface area contributed by atoms with Crippen molar-refractivity contribution >= 4 is 17.6 Å². The number of carboxylic acids is 1. The first-order valence-electron chi connectivity index (χ1n) is 6.94. The van der Waals surface area contributed by atoms with Gasteiger partial charge in [-0.25, -0.2) is 8.78 Å². The fourth-order valence-corrected chi connectivity index (χ4v) is 3.82. The van der Waals surface area contributed by atoms with E-state index in [0.717, 1.165) is 31.0 Å². The maximum atomic E-state index is 13.6. The van der Waals surface area contributed by atoms with E-state index in [0.29, 0.717) is 6.42 Å². The molecule has 2 aliphatic carbocycles. The topological polar surface area (TPSA) is 69.2 Å². The van der Waals surface area contributed by atoms with Gasteiger partial charge in [0.25, 0.3) is 0 Å². The summed E-state index contributed by atoms with van der Waals surface area (Å²) < 4.78 is 26.7. The normalized spacial score (nSPS) is 30.4. The second-order valence-electron chi connectivity index (χ2n) is 5.82. The van der Waals surface area contributed by atoms with Crippen LogP contribution in [0.4, 0.5) is 14.5 Å². The minimum Gasteiger partial charge on any atom is -0.550 e. The van der Waals surface area contributed by atoms with Gasteiger partial charge in [0.05, 0.1) is 5.69 Å². The molecule has 1 amide bonds. The number of carbonyl (C=O) groups excluding carboxylic acids is 2. The number of aliphatic carboxylic acids is 1. The summed E-state index contributed by atoms with van der Waals surface area (Å²) in [6.07, 6.45) is 2.25. The number of benzene rings is 1. The molecule has 6 heteroatoms. The van der Waals surface area contributed by atoms with Crippen LogP contribution in [0.2, 0.25) is 0 Å². The first kappa shape index (κ1) is 14.0. The molecule has 0 saturated heterocycles. The average molecular weight is 294 g/mol. The van der Waals surface area contributed by atoms with Gasteiger partial charge in [-0.3, -0.25) is 4.79 Å². The van der Waals surface area contributed by atoms with Gasteiger partial charge in [0.1, 0.15) is 11.6 Å². The summed E-state index contributed by atoms with van der Waals surface area (Å²) >= 11 is 0. The van der Waals surface area contributed by atoms with Crippen molar-refractivity contribution in [1.29, 1.82) is 0 Å². The Morgan fingerprint density at radius 1 is 1.14 bits per heavy atom. The number of rotatable bonds is 3. The van der Waals surface area contributed by atoms with E-state index in [1.165, 1.54) is 0 Å². The van der Waals surface area contributed by atoms with Gasteiger partial charge in [-0.2, -0.15) is 0 Å². The molecule has 0 heterocycles. The molecule has 0 aromatic heterocycles. The lowest BCUT2D eigenvalue weighted by Gasteiger charge is -2.30. The highest BCUT2D eigenvalue weighted by atomic mass is 19.1. The predicted octanol–water partition coefficient (Wildman–Crippen LogP) is 1.32. The minimum atomic E-state index is -1.23. The molecular weight excluding hydrogens is 280 g/mol. The quantitative estimate of drug-likeness (QED) is 0.914. The molecule has 3 rings (SSSR count). The van der Waals surface area contributed by atoms with Gasteiger partial charge in [-0.05, 0) is 43.2 Å². The van der Waals surface area contributed by atoms with Crippen molar-refractivity contribution in [3.05, 3.63) is 29.8 Å². The Labute approximate surface area is 120 Å². The Hall–Kier alpha value is -1.98. The molecule has 0 spiro atoms. The molecule has 112 valence electrons. The van der Waals surface area contributed by atoms with Crippen molar-refractivity contribution in [2.24, 2.45) is 23.7 Å². The lowest BCUT2D eigenvalue weighted by molar-refractivity contribution is -0.314. The number of anilines is 1. The molecule has 0 radical (unpaired) electrons. The van der Waals surface area contributed by atoms with Gasteiger partial charge in [-0.1, -0.05) is 0 Å². The van der Waals surface area contributed by atoms with Crippen LogP contribution >= 0.6 is 0 Å². The summed E-state index contributed by atoms with van der Waals surface area (Å²) in [5.74, 6) is -4.85. The summed E-state index contributed by atoms with van der Waals surface area (Å²) in [6, 6.07) is 2.75. The smallest absolute Gasteiger partial charge is 0.228 e. The van der Waals surface area contributed by atoms with Gasteiger partial charge in [0.2, 0.25) is 5.91 Å². The van der Waals surface area contributed by atoms with Gasteiger partial charge in [0.15, 0.2) is 0 Å². The third-order valence-electron chi connectivity index (χ3n) is 4.68. The minimum absolute atomic E-state index is 0.0190. The van der Waals surface area contributed by atoms with Crippen molar-refractivity contribution in [1.82, 2.24) is 0 Å². The third-order valence-corrected chi connectivity index (χ3v) is 4.68. The first-order valence-corrected chi connectivity index (χ1v) is 6.94. The number of hydrogen-bond acceptors (Lipinski definition) is 3. The largest absolute Gasteiger partial charge is 0.550 e. The molecule has 1 aromatic carbocycles. The van der Waals surface area contributed by atoms with Crippen molar-refractivity contribution in [3.8, 4) is 0 Å². The highest BCUT2D eigenvalue weighted by molar-refractivity contribution is 5.95. The van der Waals surface area contributed by atoms with Crippen LogP contribution in [0.3, 0.4) is 0 Å². The van der Waals surface area contributed by atoms with Crippen LogP contribution in [-0.2, 0) is 9.59 Å². The third kappa shape index (κ3) is 2.39. The summed E-state index contributed by atoms with van der Waals surface area (Å²) in [5, 5.41) is 13.6. The standard InChI is InChI=1S/C15H15F2NO3/c16-9-3-4-10(17)11(6-9)18-14(19)12-7-1-2-8(5-7)13(12)15(20)21/h3-4,6-8,12-13H,1-2,5H2,(H,18,19)(H,20,21)/p-1/t7-,8-,12+,13+/m0/s1. The zero-order chi connectivity index (χ0) is 15.1. The van der Waals surface area contributed by atoms with E-state index in [9.17, 15) is 23.5 Å². The highest BCUT2D eigenvalue weighted by Crippen LogP contribution is 2.52. The molecule has 1 N–H and O–H groups in total. The van der Waals surface area contributed by atoms with Crippen LogP contribution in [0, 0.1) is 35.3 Å². The first-order chi connectivity index (χ1) is 9.97. The summed E-state index contributed by atoms with van der Waals surface area (Å²) in [4.78, 5) is 23.5. The van der Waals surface area contributed by atoms with Crippen LogP contribution < -0.4 is 10.4 Å². The Kier molecular flexibility index (Phi) is 3.39. The summed E-state index contributed by atoms with van der Waals surface area (Å²) in [5.41, 5.74) is -0.264. The number of halogens is 2. The monoisotopic (exact) mass is 294 g/mol. The zero-order valence-electron chi connectivity index (χ0n) is 11.1. The van der Waals surface area contributed by atoms with E-state index in [2.05, 4.69) is 5.32 Å². The van der Waals surface area contributed by atoms with Crippen LogP contribution in [0.15, 0.2) is 18.2 Å². The number of nitrogens with one attached hydrogen (secondary N) is 1. The van der Waals surface area contributed by atoms with E-state index in [-0.39, 0.29) is 17.5 Å². The van der Waals surface area contributed by atoms with Gasteiger partial charge in [0, 0.05) is 23.9 Å². The van der Waals surface area contributed by atoms with Crippen LogP contribution in [-0.4, -0.2) is 11.9 Å². The highest BCUT2D eigenvalue weighted by Gasteiger charge is 2.51. The lowest BCUT2D eigenvalue weighted by atomic mass is 9.78. The van der Waals surface area contributed by atoms with E-state index in [1.807, 2.05) is 0 Å². The number of carboxylic acid groups (broad SMARTS) is 1. The summed E-state index contributed by atoms with van der Waals surface area (Å²) in [7, 11) is 0. The Morgan fingerprint density at radius 3 is 2.48 bits per heavy atom. The molecule has 2 saturated carbocycles. The van der Waals surface area contributed by atoms with Crippen molar-refractivity contribution in [2.75, 3.05) is 5.32 Å². The molecule has 0 aliphatic heterocycles. The van der Waals surface area contributed by atoms with E-state index >= 15 is 0 Å². The van der Waals surface area contributed by atoms with Gasteiger partial charge >= 0.3 is 0 Å². The molecule has 2 bridgehead atoms. The van der Waals surface area contributed by atoms with E-state index in [4.69, 9.17) is 0 Å². The molecule has 1 aromatic rings. The predicted molar refractivity (Wildman–Crippen MR) is 67.8 cm³/mol. The van der Waals surface area contributed by atoms with E-state index < -0.39 is 35.3 Å². The molecule has 4 nitrogen and oxygen atoms in total. The lowest BCUT2D eigenvalue weighted by Crippen LogP contribution is -2.44. The SMILES string of the molecule is O=C([O-])[C@@H]1[C@H]2CC[C@@H](C2)[C@H]1C(=O)Nc1cc(F)ccc1F. The van der Waals surface area contributed by atoms with Crippen molar-refractivity contribution in [2.45, 2.75) is 19.3 Å². The van der Waals surface area contributed by atoms with Crippen molar-refractivity contribution < 1.29 is 23.5 Å².